The van der Waals surface area contributed by atoms with E-state index in [9.17, 15) is 0 Å². The van der Waals surface area contributed by atoms with Crippen molar-refractivity contribution in [3.8, 4) is 0 Å². The Morgan fingerprint density at radius 2 is 2.06 bits per heavy atom. The predicted octanol–water partition coefficient (Wildman–Crippen LogP) is 2.49. The molecule has 3 nitrogen and oxygen atoms in total. The summed E-state index contributed by atoms with van der Waals surface area (Å²) in [6.07, 6.45) is 3.11. The van der Waals surface area contributed by atoms with Crippen LogP contribution in [0.25, 0.3) is 0 Å². The van der Waals surface area contributed by atoms with Crippen LogP contribution in [0.2, 0.25) is 0 Å². The molecule has 0 aromatic carbocycles. The lowest BCUT2D eigenvalue weighted by Gasteiger charge is -2.37. The predicted molar refractivity (Wildman–Crippen MR) is 78.8 cm³/mol. The highest BCUT2D eigenvalue weighted by Crippen LogP contribution is 2.39. The Hall–Kier alpha value is -0.800. The lowest BCUT2D eigenvalue weighted by molar-refractivity contribution is 0.438. The van der Waals surface area contributed by atoms with Crippen LogP contribution in [0.4, 0.5) is 0 Å². The first-order chi connectivity index (χ1) is 8.42. The zero-order valence-corrected chi connectivity index (χ0v) is 12.3. The molecule has 3 heteroatoms. The van der Waals surface area contributed by atoms with E-state index in [0.717, 1.165) is 24.5 Å². The lowest BCUT2D eigenvalue weighted by Crippen LogP contribution is -2.44. The van der Waals surface area contributed by atoms with Crippen molar-refractivity contribution in [3.05, 3.63) is 23.4 Å². The number of rotatable bonds is 7. The summed E-state index contributed by atoms with van der Waals surface area (Å²) in [6.45, 7) is 12.9. The summed E-state index contributed by atoms with van der Waals surface area (Å²) < 4.78 is 0. The van der Waals surface area contributed by atoms with Crippen LogP contribution in [0.15, 0.2) is 23.4 Å². The minimum Gasteiger partial charge on any atom is -0.382 e. The Kier molecular flexibility index (Phi) is 5.42. The third kappa shape index (κ3) is 3.15. The molecule has 1 aliphatic rings. The van der Waals surface area contributed by atoms with E-state index >= 15 is 0 Å². The first kappa shape index (κ1) is 15.3. The largest absolute Gasteiger partial charge is 0.382 e. The van der Waals surface area contributed by atoms with Gasteiger partial charge in [-0.05, 0) is 30.8 Å². The van der Waals surface area contributed by atoms with Gasteiger partial charge in [-0.1, -0.05) is 39.8 Å². The van der Waals surface area contributed by atoms with E-state index in [4.69, 9.17) is 11.5 Å². The maximum atomic E-state index is 5.72. The molecule has 0 fully saturated rings. The molecule has 0 bridgehead atoms. The summed E-state index contributed by atoms with van der Waals surface area (Å²) in [5.41, 5.74) is 15.6. The Labute approximate surface area is 112 Å². The third-order valence-corrected chi connectivity index (χ3v) is 4.23. The fourth-order valence-electron chi connectivity index (χ4n) is 2.73. The fourth-order valence-corrected chi connectivity index (χ4v) is 2.73. The summed E-state index contributed by atoms with van der Waals surface area (Å²) in [5, 5.41) is 3.52. The molecular formula is C15H29N3. The van der Waals surface area contributed by atoms with Crippen LogP contribution in [0.3, 0.4) is 0 Å². The SMILES string of the molecule is C=C(NC(CC)C1=C(CC)C(C)C1)C(C)C(N)N. The number of hydrogen-bond acceptors (Lipinski definition) is 3. The van der Waals surface area contributed by atoms with E-state index < -0.39 is 0 Å². The molecule has 1 rings (SSSR count). The number of hydrogen-bond donors (Lipinski definition) is 3. The summed E-state index contributed by atoms with van der Waals surface area (Å²) >= 11 is 0. The Balaban J connectivity index is 2.69. The smallest absolute Gasteiger partial charge is 0.0602 e. The van der Waals surface area contributed by atoms with E-state index in [1.165, 1.54) is 6.42 Å². The molecule has 0 saturated heterocycles. The van der Waals surface area contributed by atoms with Crippen LogP contribution < -0.4 is 16.8 Å². The maximum absolute atomic E-state index is 5.72. The summed E-state index contributed by atoms with van der Waals surface area (Å²) in [6, 6.07) is 0.407. The van der Waals surface area contributed by atoms with Crippen molar-refractivity contribution in [1.82, 2.24) is 5.32 Å². The van der Waals surface area contributed by atoms with Gasteiger partial charge in [-0.25, -0.2) is 0 Å². The molecule has 1 aliphatic carbocycles. The minimum atomic E-state index is -0.345. The van der Waals surface area contributed by atoms with Crippen LogP contribution in [0.5, 0.6) is 0 Å². The van der Waals surface area contributed by atoms with Gasteiger partial charge in [0.15, 0.2) is 0 Å². The second-order valence-corrected chi connectivity index (χ2v) is 5.51. The first-order valence-corrected chi connectivity index (χ1v) is 7.10. The van der Waals surface area contributed by atoms with Crippen molar-refractivity contribution >= 4 is 0 Å². The van der Waals surface area contributed by atoms with Crippen molar-refractivity contribution < 1.29 is 0 Å². The van der Waals surface area contributed by atoms with Crippen LogP contribution >= 0.6 is 0 Å². The molecule has 0 heterocycles. The molecule has 18 heavy (non-hydrogen) atoms. The maximum Gasteiger partial charge on any atom is 0.0602 e. The van der Waals surface area contributed by atoms with Crippen molar-refractivity contribution in [1.29, 1.82) is 0 Å². The minimum absolute atomic E-state index is 0.0993. The van der Waals surface area contributed by atoms with Gasteiger partial charge in [0.2, 0.25) is 0 Å². The van der Waals surface area contributed by atoms with Gasteiger partial charge in [-0.2, -0.15) is 0 Å². The molecule has 0 aliphatic heterocycles. The summed E-state index contributed by atoms with van der Waals surface area (Å²) in [4.78, 5) is 0. The zero-order valence-electron chi connectivity index (χ0n) is 12.3. The number of nitrogens with two attached hydrogens (primary N) is 2. The number of nitrogens with one attached hydrogen (secondary N) is 1. The summed E-state index contributed by atoms with van der Waals surface area (Å²) in [5.74, 6) is 0.852. The standard InChI is InChI=1S/C15H29N3/c1-6-12-9(3)8-13(12)14(7-2)18-11(5)10(4)15(16)17/h9-10,14-15,18H,5-8,16-17H2,1-4H3. The van der Waals surface area contributed by atoms with E-state index in [0.29, 0.717) is 6.04 Å². The average Bonchev–Trinajstić information content (AvgIpc) is 2.32. The summed E-state index contributed by atoms with van der Waals surface area (Å²) in [7, 11) is 0. The number of allylic oxidation sites excluding steroid dienone is 1. The lowest BCUT2D eigenvalue weighted by atomic mass is 9.73. The Morgan fingerprint density at radius 1 is 1.44 bits per heavy atom. The molecule has 0 aromatic rings. The zero-order chi connectivity index (χ0) is 13.9. The third-order valence-electron chi connectivity index (χ3n) is 4.23. The van der Waals surface area contributed by atoms with Crippen LogP contribution in [-0.2, 0) is 0 Å². The van der Waals surface area contributed by atoms with E-state index in [1.807, 2.05) is 6.92 Å². The van der Waals surface area contributed by atoms with Gasteiger partial charge in [-0.3, -0.25) is 0 Å². The quantitative estimate of drug-likeness (QED) is 0.481. The van der Waals surface area contributed by atoms with Gasteiger partial charge in [-0.15, -0.1) is 0 Å². The highest BCUT2D eigenvalue weighted by atomic mass is 15.0. The Bertz CT molecular complexity index is 331. The topological polar surface area (TPSA) is 64.1 Å². The molecule has 5 N–H and O–H groups in total. The second-order valence-electron chi connectivity index (χ2n) is 5.51. The van der Waals surface area contributed by atoms with Gasteiger partial charge in [0, 0.05) is 17.7 Å². The normalized spacial score (nSPS) is 22.7. The molecular weight excluding hydrogens is 222 g/mol. The molecule has 0 spiro atoms. The van der Waals surface area contributed by atoms with Gasteiger partial charge in [0.1, 0.15) is 0 Å². The molecule has 0 saturated carbocycles. The second kappa shape index (κ2) is 6.39. The van der Waals surface area contributed by atoms with Crippen molar-refractivity contribution in [2.45, 2.75) is 59.2 Å². The molecule has 3 unspecified atom stereocenters. The van der Waals surface area contributed by atoms with E-state index in [-0.39, 0.29) is 12.1 Å². The van der Waals surface area contributed by atoms with Crippen molar-refractivity contribution in [2.24, 2.45) is 23.3 Å². The van der Waals surface area contributed by atoms with Gasteiger partial charge in [0.05, 0.1) is 6.17 Å². The van der Waals surface area contributed by atoms with Crippen molar-refractivity contribution in [2.75, 3.05) is 0 Å². The molecule has 3 atom stereocenters. The average molecular weight is 251 g/mol. The Morgan fingerprint density at radius 3 is 2.44 bits per heavy atom. The van der Waals surface area contributed by atoms with Gasteiger partial charge < -0.3 is 16.8 Å². The van der Waals surface area contributed by atoms with Crippen LogP contribution in [0, 0.1) is 11.8 Å². The highest BCUT2D eigenvalue weighted by molar-refractivity contribution is 5.32. The first-order valence-electron chi connectivity index (χ1n) is 7.10. The molecule has 0 radical (unpaired) electrons. The van der Waals surface area contributed by atoms with Gasteiger partial charge in [0.25, 0.3) is 0 Å². The van der Waals surface area contributed by atoms with E-state index in [1.54, 1.807) is 11.1 Å². The van der Waals surface area contributed by atoms with Crippen LogP contribution in [-0.4, -0.2) is 12.2 Å². The van der Waals surface area contributed by atoms with Gasteiger partial charge >= 0.3 is 0 Å². The van der Waals surface area contributed by atoms with E-state index in [2.05, 4.69) is 32.7 Å². The highest BCUT2D eigenvalue weighted by Gasteiger charge is 2.29. The molecule has 0 amide bonds. The molecule has 0 aromatic heterocycles. The molecule has 104 valence electrons. The van der Waals surface area contributed by atoms with Crippen LogP contribution in [0.1, 0.15) is 47.0 Å². The van der Waals surface area contributed by atoms with Crippen molar-refractivity contribution in [3.63, 3.8) is 0 Å². The fraction of sp³-hybridized carbons (Fsp3) is 0.733. The monoisotopic (exact) mass is 251 g/mol.